The maximum absolute atomic E-state index is 13.6. The van der Waals surface area contributed by atoms with E-state index in [1.54, 1.807) is 26.8 Å². The van der Waals surface area contributed by atoms with Gasteiger partial charge in [-0.05, 0) is 23.9 Å². The smallest absolute Gasteiger partial charge is 0.323 e. The maximum Gasteiger partial charge on any atom is 0.323 e. The second kappa shape index (κ2) is 9.25. The first-order valence-electron chi connectivity index (χ1n) is 9.64. The molecule has 0 aromatic heterocycles. The molecule has 1 N–H and O–H groups in total. The lowest BCUT2D eigenvalue weighted by atomic mass is 10.1. The van der Waals surface area contributed by atoms with Crippen molar-refractivity contribution in [3.05, 3.63) is 78.4 Å². The molecule has 6 heteroatoms. The highest BCUT2D eigenvalue weighted by Crippen LogP contribution is 2.49. The van der Waals surface area contributed by atoms with Crippen molar-refractivity contribution >= 4 is 24.3 Å². The summed E-state index contributed by atoms with van der Waals surface area (Å²) in [5.41, 5.74) is 0.568. The van der Waals surface area contributed by atoms with Crippen LogP contribution in [-0.4, -0.2) is 17.7 Å². The summed E-state index contributed by atoms with van der Waals surface area (Å²) < 4.78 is 24.9. The summed E-state index contributed by atoms with van der Waals surface area (Å²) in [5.74, 6) is 0.0498. The van der Waals surface area contributed by atoms with Gasteiger partial charge in [-0.25, -0.2) is 5.09 Å². The molecule has 0 fully saturated rings. The number of benzene rings is 3. The normalized spacial score (nSPS) is 14.3. The fourth-order valence-electron chi connectivity index (χ4n) is 2.88. The average molecular weight is 411 g/mol. The number of esters is 1. The maximum atomic E-state index is 13.6. The number of carbonyl (C=O) groups is 1. The number of ether oxygens (including phenoxy) is 1. The van der Waals surface area contributed by atoms with Crippen LogP contribution in [0.2, 0.25) is 0 Å². The largest absolute Gasteiger partial charge is 0.460 e. The third kappa shape index (κ3) is 5.26. The number of fused-ring (bicyclic) bond motifs is 1. The monoisotopic (exact) mass is 411 g/mol. The van der Waals surface area contributed by atoms with Gasteiger partial charge in [-0.15, -0.1) is 0 Å². The molecule has 0 heterocycles. The first-order chi connectivity index (χ1) is 13.9. The SMILES string of the molecule is CC(C)P(=O)(N[C@@H](C)C(=O)OCc1ccccc1)Oc1cccc2ccccc12. The molecule has 0 saturated heterocycles. The van der Waals surface area contributed by atoms with Crippen LogP contribution in [0.1, 0.15) is 26.3 Å². The predicted molar refractivity (Wildman–Crippen MR) is 116 cm³/mol. The Morgan fingerprint density at radius 1 is 0.931 bits per heavy atom. The van der Waals surface area contributed by atoms with Gasteiger partial charge in [-0.1, -0.05) is 80.6 Å². The zero-order chi connectivity index (χ0) is 20.9. The van der Waals surface area contributed by atoms with Gasteiger partial charge in [0.05, 0.1) is 5.66 Å². The van der Waals surface area contributed by atoms with Gasteiger partial charge >= 0.3 is 13.5 Å². The van der Waals surface area contributed by atoms with Crippen LogP contribution in [0.3, 0.4) is 0 Å². The van der Waals surface area contributed by atoms with E-state index in [1.807, 2.05) is 66.7 Å². The fraction of sp³-hybridized carbons (Fsp3) is 0.261. The van der Waals surface area contributed by atoms with Gasteiger partial charge in [-0.2, -0.15) is 0 Å². The Balaban J connectivity index is 1.72. The summed E-state index contributed by atoms with van der Waals surface area (Å²) in [6.07, 6.45) is 0. The number of hydrogen-bond donors (Lipinski definition) is 1. The molecule has 2 atom stereocenters. The lowest BCUT2D eigenvalue weighted by molar-refractivity contribution is -0.146. The molecule has 152 valence electrons. The van der Waals surface area contributed by atoms with E-state index in [4.69, 9.17) is 9.26 Å². The van der Waals surface area contributed by atoms with Crippen LogP contribution < -0.4 is 9.61 Å². The Labute approximate surface area is 171 Å². The van der Waals surface area contributed by atoms with Gasteiger partial charge in [0.1, 0.15) is 18.4 Å². The van der Waals surface area contributed by atoms with Gasteiger partial charge in [0.2, 0.25) is 0 Å². The Morgan fingerprint density at radius 2 is 1.59 bits per heavy atom. The third-order valence-electron chi connectivity index (χ3n) is 4.61. The molecule has 3 aromatic rings. The highest BCUT2D eigenvalue weighted by Gasteiger charge is 2.34. The van der Waals surface area contributed by atoms with Crippen molar-refractivity contribution in [3.8, 4) is 5.75 Å². The minimum atomic E-state index is -3.37. The van der Waals surface area contributed by atoms with Crippen molar-refractivity contribution in [1.29, 1.82) is 0 Å². The number of carbonyl (C=O) groups excluding carboxylic acids is 1. The molecule has 0 amide bonds. The Kier molecular flexibility index (Phi) is 6.73. The summed E-state index contributed by atoms with van der Waals surface area (Å²) in [4.78, 5) is 12.4. The van der Waals surface area contributed by atoms with E-state index < -0.39 is 19.5 Å². The molecular weight excluding hydrogens is 385 g/mol. The molecular formula is C23H26NO4P. The van der Waals surface area contributed by atoms with Crippen LogP contribution >= 0.6 is 7.52 Å². The van der Waals surface area contributed by atoms with Crippen LogP contribution in [0.5, 0.6) is 5.75 Å². The van der Waals surface area contributed by atoms with Crippen LogP contribution in [0.25, 0.3) is 10.8 Å². The Bertz CT molecular complexity index is 1010. The van der Waals surface area contributed by atoms with Gasteiger partial charge in [-0.3, -0.25) is 9.36 Å². The van der Waals surface area contributed by atoms with Crippen molar-refractivity contribution in [2.45, 2.75) is 39.1 Å². The summed E-state index contributed by atoms with van der Waals surface area (Å²) >= 11 is 0. The average Bonchev–Trinajstić information content (AvgIpc) is 2.73. The summed E-state index contributed by atoms with van der Waals surface area (Å²) in [5, 5.41) is 4.77. The second-order valence-corrected chi connectivity index (χ2v) is 9.87. The van der Waals surface area contributed by atoms with Crippen molar-refractivity contribution < 1.29 is 18.6 Å². The van der Waals surface area contributed by atoms with Crippen LogP contribution in [0.15, 0.2) is 72.8 Å². The summed E-state index contributed by atoms with van der Waals surface area (Å²) in [7, 11) is -3.37. The molecule has 3 aromatic carbocycles. The number of rotatable bonds is 8. The van der Waals surface area contributed by atoms with Crippen molar-refractivity contribution in [2.75, 3.05) is 0 Å². The Hall–Kier alpha value is -2.62. The quantitative estimate of drug-likeness (QED) is 0.389. The molecule has 0 spiro atoms. The van der Waals surface area contributed by atoms with Gasteiger partial charge < -0.3 is 9.26 Å². The van der Waals surface area contributed by atoms with Crippen LogP contribution in [0.4, 0.5) is 0 Å². The van der Waals surface area contributed by atoms with Crippen LogP contribution in [0, 0.1) is 0 Å². The van der Waals surface area contributed by atoms with E-state index in [0.717, 1.165) is 16.3 Å². The fourth-order valence-corrected chi connectivity index (χ4v) is 4.54. The lowest BCUT2D eigenvalue weighted by Crippen LogP contribution is -2.36. The van der Waals surface area contributed by atoms with Gasteiger partial charge in [0, 0.05) is 5.39 Å². The molecule has 1 unspecified atom stereocenters. The molecule has 5 nitrogen and oxygen atoms in total. The standard InChI is InChI=1S/C23H26NO4P/c1-17(2)29(26,28-22-15-9-13-20-12-7-8-14-21(20)22)24-18(3)23(25)27-16-19-10-5-4-6-11-19/h4-15,17-18H,16H2,1-3H3,(H,24,26)/t18-,29?/m0/s1. The number of nitrogens with one attached hydrogen (secondary N) is 1. The molecule has 0 bridgehead atoms. The minimum Gasteiger partial charge on any atom is -0.460 e. The zero-order valence-corrected chi connectivity index (χ0v) is 17.8. The molecule has 0 radical (unpaired) electrons. The highest BCUT2D eigenvalue weighted by atomic mass is 31.2. The molecule has 0 aliphatic carbocycles. The predicted octanol–water partition coefficient (Wildman–Crippen LogP) is 5.54. The van der Waals surface area contributed by atoms with E-state index in [9.17, 15) is 9.36 Å². The first kappa shape index (κ1) is 21.1. The molecule has 0 saturated carbocycles. The zero-order valence-electron chi connectivity index (χ0n) is 16.9. The molecule has 3 rings (SSSR count). The lowest BCUT2D eigenvalue weighted by Gasteiger charge is -2.27. The van der Waals surface area contributed by atoms with Crippen molar-refractivity contribution in [2.24, 2.45) is 0 Å². The van der Waals surface area contributed by atoms with Crippen molar-refractivity contribution in [1.82, 2.24) is 5.09 Å². The summed E-state index contributed by atoms with van der Waals surface area (Å²) in [6, 6.07) is 22.0. The molecule has 29 heavy (non-hydrogen) atoms. The summed E-state index contributed by atoms with van der Waals surface area (Å²) in [6.45, 7) is 5.42. The minimum absolute atomic E-state index is 0.169. The van der Waals surface area contributed by atoms with E-state index in [0.29, 0.717) is 5.75 Å². The topological polar surface area (TPSA) is 64.6 Å². The first-order valence-corrected chi connectivity index (χ1v) is 11.3. The van der Waals surface area contributed by atoms with Gasteiger partial charge in [0.25, 0.3) is 0 Å². The van der Waals surface area contributed by atoms with Crippen LogP contribution in [-0.2, 0) is 20.7 Å². The van der Waals surface area contributed by atoms with E-state index in [-0.39, 0.29) is 12.3 Å². The highest BCUT2D eigenvalue weighted by molar-refractivity contribution is 7.58. The van der Waals surface area contributed by atoms with Gasteiger partial charge in [0.15, 0.2) is 0 Å². The number of hydrogen-bond acceptors (Lipinski definition) is 4. The second-order valence-electron chi connectivity index (χ2n) is 7.20. The third-order valence-corrected chi connectivity index (χ3v) is 7.19. The van der Waals surface area contributed by atoms with E-state index >= 15 is 0 Å². The Morgan fingerprint density at radius 3 is 2.31 bits per heavy atom. The van der Waals surface area contributed by atoms with Crippen molar-refractivity contribution in [3.63, 3.8) is 0 Å². The molecule has 0 aliphatic heterocycles. The molecule has 0 aliphatic rings. The van der Waals surface area contributed by atoms with E-state index in [2.05, 4.69) is 5.09 Å². The van der Waals surface area contributed by atoms with E-state index in [1.165, 1.54) is 0 Å².